The molecule has 3 nitrogen and oxygen atoms in total. The summed E-state index contributed by atoms with van der Waals surface area (Å²) in [5.74, 6) is -3.06. The van der Waals surface area contributed by atoms with Crippen molar-refractivity contribution in [3.63, 3.8) is 0 Å². The number of benzene rings is 1. The molecule has 1 rings (SSSR count). The van der Waals surface area contributed by atoms with E-state index in [1.807, 2.05) is 20.8 Å². The lowest BCUT2D eigenvalue weighted by molar-refractivity contribution is 0.235. The van der Waals surface area contributed by atoms with Gasteiger partial charge >= 0.3 is 5.76 Å². The van der Waals surface area contributed by atoms with E-state index < -0.39 is 15.6 Å². The molecular formula is C14H20ClF2NO2S. The first-order valence-corrected chi connectivity index (χ1v) is 8.62. The summed E-state index contributed by atoms with van der Waals surface area (Å²) >= 11 is 5.77. The molecule has 1 atom stereocenters. The highest BCUT2D eigenvalue weighted by atomic mass is 35.5. The molecule has 0 radical (unpaired) electrons. The minimum absolute atomic E-state index is 0.135. The number of hydrogen-bond donors (Lipinski definition) is 1. The second kappa shape index (κ2) is 6.92. The van der Waals surface area contributed by atoms with E-state index in [4.69, 9.17) is 11.6 Å². The first-order valence-electron chi connectivity index (χ1n) is 6.54. The van der Waals surface area contributed by atoms with Crippen LogP contribution in [0.2, 0.25) is 0 Å². The molecule has 0 aliphatic rings. The zero-order valence-electron chi connectivity index (χ0n) is 12.2. The van der Waals surface area contributed by atoms with Gasteiger partial charge in [0.1, 0.15) is 0 Å². The molecule has 0 aliphatic carbocycles. The van der Waals surface area contributed by atoms with Gasteiger partial charge in [-0.1, -0.05) is 32.9 Å². The van der Waals surface area contributed by atoms with Crippen molar-refractivity contribution in [2.75, 3.05) is 11.2 Å². The summed E-state index contributed by atoms with van der Waals surface area (Å²) in [4.78, 5) is -0.385. The number of para-hydroxylation sites is 1. The van der Waals surface area contributed by atoms with Crippen molar-refractivity contribution in [3.8, 4) is 0 Å². The predicted octanol–water partition coefficient (Wildman–Crippen LogP) is 4.14. The van der Waals surface area contributed by atoms with Gasteiger partial charge in [-0.3, -0.25) is 0 Å². The molecular weight excluding hydrogens is 320 g/mol. The van der Waals surface area contributed by atoms with Gasteiger partial charge in [0.15, 0.2) is 0 Å². The zero-order valence-corrected chi connectivity index (χ0v) is 13.8. The van der Waals surface area contributed by atoms with Gasteiger partial charge in [0.2, 0.25) is 9.84 Å². The van der Waals surface area contributed by atoms with Crippen LogP contribution in [0.5, 0.6) is 0 Å². The van der Waals surface area contributed by atoms with Gasteiger partial charge in [0, 0.05) is 11.9 Å². The quantitative estimate of drug-likeness (QED) is 0.792. The van der Waals surface area contributed by atoms with E-state index in [2.05, 4.69) is 5.32 Å². The molecule has 0 saturated heterocycles. The fraction of sp³-hybridized carbons (Fsp3) is 0.571. The van der Waals surface area contributed by atoms with Crippen molar-refractivity contribution >= 4 is 27.1 Å². The summed E-state index contributed by atoms with van der Waals surface area (Å²) in [7, 11) is -4.64. The topological polar surface area (TPSA) is 46.2 Å². The lowest BCUT2D eigenvalue weighted by Gasteiger charge is -2.32. The van der Waals surface area contributed by atoms with Crippen LogP contribution in [0.1, 0.15) is 27.2 Å². The highest BCUT2D eigenvalue weighted by Crippen LogP contribution is 2.31. The van der Waals surface area contributed by atoms with Gasteiger partial charge in [0.05, 0.1) is 10.6 Å². The predicted molar refractivity (Wildman–Crippen MR) is 81.8 cm³/mol. The molecule has 1 aromatic rings. The van der Waals surface area contributed by atoms with Crippen LogP contribution in [0.25, 0.3) is 0 Å². The molecule has 0 amide bonds. The van der Waals surface area contributed by atoms with Gasteiger partial charge in [-0.2, -0.15) is 8.78 Å². The van der Waals surface area contributed by atoms with Crippen LogP contribution in [-0.4, -0.2) is 26.1 Å². The summed E-state index contributed by atoms with van der Waals surface area (Å²) in [5, 5.41) is 3.05. The van der Waals surface area contributed by atoms with Gasteiger partial charge in [0.25, 0.3) is 0 Å². The standard InChI is InChI=1S/C14H20ClF2NO2S/c1-14(2,3)12(8-9-15)18-10-6-4-5-7-11(10)21(19,20)13(16)17/h4-7,12-13,18H,8-9H2,1-3H3. The third kappa shape index (κ3) is 4.54. The van der Waals surface area contributed by atoms with Crippen LogP contribution in [0.3, 0.4) is 0 Å². The Hall–Kier alpha value is -0.880. The average Bonchev–Trinajstić information content (AvgIpc) is 2.37. The van der Waals surface area contributed by atoms with Crippen LogP contribution >= 0.6 is 11.6 Å². The SMILES string of the molecule is CC(C)(C)C(CCCl)Nc1ccccc1S(=O)(=O)C(F)F. The summed E-state index contributed by atoms with van der Waals surface area (Å²) < 4.78 is 49.0. The lowest BCUT2D eigenvalue weighted by atomic mass is 9.85. The maximum Gasteiger partial charge on any atom is 0.341 e. The van der Waals surface area contributed by atoms with Crippen molar-refractivity contribution in [2.45, 2.75) is 43.9 Å². The van der Waals surface area contributed by atoms with Crippen molar-refractivity contribution in [2.24, 2.45) is 5.41 Å². The van der Waals surface area contributed by atoms with E-state index in [0.29, 0.717) is 12.3 Å². The third-order valence-electron chi connectivity index (χ3n) is 3.20. The van der Waals surface area contributed by atoms with E-state index in [9.17, 15) is 17.2 Å². The Morgan fingerprint density at radius 1 is 1.24 bits per heavy atom. The Labute approximate surface area is 129 Å². The summed E-state index contributed by atoms with van der Waals surface area (Å²) in [6.07, 6.45) is 0.591. The van der Waals surface area contributed by atoms with Gasteiger partial charge < -0.3 is 5.32 Å². The number of hydrogen-bond acceptors (Lipinski definition) is 3. The maximum atomic E-state index is 12.8. The molecule has 120 valence electrons. The van der Waals surface area contributed by atoms with E-state index in [1.54, 1.807) is 6.07 Å². The molecule has 0 aliphatic heterocycles. The van der Waals surface area contributed by atoms with E-state index in [-0.39, 0.29) is 22.0 Å². The molecule has 0 spiro atoms. The first kappa shape index (κ1) is 18.2. The van der Waals surface area contributed by atoms with Crippen LogP contribution in [-0.2, 0) is 9.84 Å². The number of halogens is 3. The van der Waals surface area contributed by atoms with E-state index in [1.165, 1.54) is 18.2 Å². The first-order chi connectivity index (χ1) is 9.60. The highest BCUT2D eigenvalue weighted by molar-refractivity contribution is 7.91. The summed E-state index contributed by atoms with van der Waals surface area (Å²) in [6, 6.07) is 5.57. The Balaban J connectivity index is 3.21. The molecule has 0 bridgehead atoms. The number of sulfone groups is 1. The van der Waals surface area contributed by atoms with Crippen molar-refractivity contribution in [3.05, 3.63) is 24.3 Å². The zero-order chi connectivity index (χ0) is 16.3. The lowest BCUT2D eigenvalue weighted by Crippen LogP contribution is -2.35. The molecule has 0 aromatic heterocycles. The fourth-order valence-electron chi connectivity index (χ4n) is 1.95. The molecule has 1 N–H and O–H groups in total. The highest BCUT2D eigenvalue weighted by Gasteiger charge is 2.31. The maximum absolute atomic E-state index is 12.8. The molecule has 1 unspecified atom stereocenters. The Kier molecular flexibility index (Phi) is 5.99. The second-order valence-corrected chi connectivity index (χ2v) is 8.11. The molecule has 0 heterocycles. The smallest absolute Gasteiger partial charge is 0.341 e. The third-order valence-corrected chi connectivity index (χ3v) is 4.86. The van der Waals surface area contributed by atoms with Gasteiger partial charge in [-0.15, -0.1) is 11.6 Å². The molecule has 0 saturated carbocycles. The number of anilines is 1. The number of alkyl halides is 3. The molecule has 0 fully saturated rings. The largest absolute Gasteiger partial charge is 0.381 e. The minimum Gasteiger partial charge on any atom is -0.381 e. The van der Waals surface area contributed by atoms with E-state index in [0.717, 1.165) is 0 Å². The van der Waals surface area contributed by atoms with Gasteiger partial charge in [-0.25, -0.2) is 8.42 Å². The molecule has 1 aromatic carbocycles. The van der Waals surface area contributed by atoms with Gasteiger partial charge in [-0.05, 0) is 24.0 Å². The monoisotopic (exact) mass is 339 g/mol. The van der Waals surface area contributed by atoms with E-state index >= 15 is 0 Å². The fourth-order valence-corrected chi connectivity index (χ4v) is 3.06. The second-order valence-electron chi connectivity index (χ2n) is 5.84. The molecule has 21 heavy (non-hydrogen) atoms. The van der Waals surface area contributed by atoms with Crippen molar-refractivity contribution < 1.29 is 17.2 Å². The Morgan fingerprint density at radius 2 is 1.81 bits per heavy atom. The number of rotatable bonds is 6. The minimum atomic E-state index is -4.64. The summed E-state index contributed by atoms with van der Waals surface area (Å²) in [6.45, 7) is 5.92. The van der Waals surface area contributed by atoms with Crippen LogP contribution in [0.15, 0.2) is 29.2 Å². The van der Waals surface area contributed by atoms with Crippen LogP contribution in [0.4, 0.5) is 14.5 Å². The van der Waals surface area contributed by atoms with Crippen molar-refractivity contribution in [1.29, 1.82) is 0 Å². The normalized spacial score (nSPS) is 14.2. The van der Waals surface area contributed by atoms with Crippen LogP contribution < -0.4 is 5.32 Å². The van der Waals surface area contributed by atoms with Crippen LogP contribution in [0, 0.1) is 5.41 Å². The summed E-state index contributed by atoms with van der Waals surface area (Å²) in [5.41, 5.74) is -0.0146. The van der Waals surface area contributed by atoms with Crippen molar-refractivity contribution in [1.82, 2.24) is 0 Å². The Morgan fingerprint density at radius 3 is 2.29 bits per heavy atom. The number of nitrogens with one attached hydrogen (secondary N) is 1. The Bertz CT molecular complexity index is 571. The molecule has 7 heteroatoms. The average molecular weight is 340 g/mol.